The van der Waals surface area contributed by atoms with E-state index in [-0.39, 0.29) is 29.9 Å². The lowest BCUT2D eigenvalue weighted by atomic mass is 9.82. The number of nitrogens with zero attached hydrogens (tertiary/aromatic N) is 4. The molecule has 2 aromatic carbocycles. The molecule has 2 aliphatic heterocycles. The fraction of sp³-hybridized carbons (Fsp3) is 0.444. The summed E-state index contributed by atoms with van der Waals surface area (Å²) in [5.74, 6) is -0.379. The number of methoxy groups -OCH3 is 1. The molecule has 5 rings (SSSR count). The van der Waals surface area contributed by atoms with Crippen molar-refractivity contribution in [2.75, 3.05) is 25.1 Å². The molecular weight excluding hydrogens is 552 g/mol. The van der Waals surface area contributed by atoms with Gasteiger partial charge in [-0.2, -0.15) is 0 Å². The van der Waals surface area contributed by atoms with Gasteiger partial charge in [-0.1, -0.05) is 54.0 Å². The minimum atomic E-state index is -0.637. The molecular formula is C36H44N4O4. The van der Waals surface area contributed by atoms with Crippen molar-refractivity contribution in [1.29, 1.82) is 0 Å². The Hall–Kier alpha value is -4.20. The van der Waals surface area contributed by atoms with Crippen LogP contribution in [0.5, 0.6) is 0 Å². The standard InChI is InChI=1S/C36H44N4O4/c1-23-9-14-29(15-10-23)34-24(2)11-18-32(36(42)43-6)40(34)35(41)30-16-12-28(13-17-30)21-37-44-26(4)22-39-19-7-8-31-33(39)20-25(3)27(5)38-31/h9-10,12-17,20-21,24,26,32,34H,7-8,11,18-19,22H2,1-6H3/t24-,26+,32-,34-/m0/s1. The number of rotatable bonds is 8. The van der Waals surface area contributed by atoms with E-state index in [0.717, 1.165) is 60.4 Å². The van der Waals surface area contributed by atoms with Gasteiger partial charge in [0.15, 0.2) is 0 Å². The van der Waals surface area contributed by atoms with Crippen LogP contribution in [-0.2, 0) is 20.8 Å². The van der Waals surface area contributed by atoms with Crippen molar-refractivity contribution in [3.63, 3.8) is 0 Å². The molecule has 8 heteroatoms. The molecule has 0 spiro atoms. The maximum Gasteiger partial charge on any atom is 0.328 e. The van der Waals surface area contributed by atoms with Gasteiger partial charge in [0.05, 0.1) is 37.3 Å². The van der Waals surface area contributed by atoms with Crippen LogP contribution in [0.4, 0.5) is 5.69 Å². The van der Waals surface area contributed by atoms with E-state index in [1.807, 2.05) is 38.1 Å². The molecule has 4 atom stereocenters. The quantitative estimate of drug-likeness (QED) is 0.171. The number of carbonyl (C=O) groups excluding carboxylic acids is 2. The Kier molecular flexibility index (Phi) is 9.67. The number of pyridine rings is 1. The van der Waals surface area contributed by atoms with Crippen LogP contribution >= 0.6 is 0 Å². The second-order valence-electron chi connectivity index (χ2n) is 12.3. The summed E-state index contributed by atoms with van der Waals surface area (Å²) in [5.41, 5.74) is 8.15. The van der Waals surface area contributed by atoms with Gasteiger partial charge >= 0.3 is 5.97 Å². The Morgan fingerprint density at radius 1 is 1.07 bits per heavy atom. The molecule has 3 aromatic rings. The van der Waals surface area contributed by atoms with Gasteiger partial charge in [0, 0.05) is 17.8 Å². The molecule has 0 N–H and O–H groups in total. The maximum atomic E-state index is 14.0. The van der Waals surface area contributed by atoms with E-state index in [0.29, 0.717) is 12.0 Å². The van der Waals surface area contributed by atoms with Crippen LogP contribution in [0.15, 0.2) is 59.8 Å². The van der Waals surface area contributed by atoms with Crippen molar-refractivity contribution < 1.29 is 19.2 Å². The largest absolute Gasteiger partial charge is 0.467 e. The lowest BCUT2D eigenvalue weighted by Crippen LogP contribution is -2.52. The highest BCUT2D eigenvalue weighted by molar-refractivity contribution is 5.98. The number of aryl methyl sites for hydroxylation is 4. The van der Waals surface area contributed by atoms with E-state index >= 15 is 0 Å². The molecule has 0 saturated carbocycles. The molecule has 44 heavy (non-hydrogen) atoms. The second-order valence-corrected chi connectivity index (χ2v) is 12.3. The van der Waals surface area contributed by atoms with Gasteiger partial charge in [-0.25, -0.2) is 4.79 Å². The lowest BCUT2D eigenvalue weighted by Gasteiger charge is -2.44. The van der Waals surface area contributed by atoms with Crippen LogP contribution in [0.1, 0.15) is 83.2 Å². The van der Waals surface area contributed by atoms with Crippen LogP contribution in [-0.4, -0.2) is 60.3 Å². The maximum absolute atomic E-state index is 14.0. The third kappa shape index (κ3) is 6.79. The third-order valence-corrected chi connectivity index (χ3v) is 8.98. The van der Waals surface area contributed by atoms with Gasteiger partial charge in [0.2, 0.25) is 0 Å². The van der Waals surface area contributed by atoms with E-state index in [2.05, 4.69) is 49.0 Å². The third-order valence-electron chi connectivity index (χ3n) is 8.98. The molecule has 1 fully saturated rings. The number of oxime groups is 1. The molecule has 232 valence electrons. The van der Waals surface area contributed by atoms with Crippen LogP contribution < -0.4 is 4.90 Å². The minimum absolute atomic E-state index is 0.116. The molecule has 1 aromatic heterocycles. The van der Waals surface area contributed by atoms with Crippen molar-refractivity contribution in [3.8, 4) is 0 Å². The summed E-state index contributed by atoms with van der Waals surface area (Å²) in [6.07, 6.45) is 5.03. The Bertz CT molecular complexity index is 1500. The zero-order valence-corrected chi connectivity index (χ0v) is 26.7. The molecule has 0 radical (unpaired) electrons. The van der Waals surface area contributed by atoms with Crippen molar-refractivity contribution in [2.45, 2.75) is 78.5 Å². The zero-order valence-electron chi connectivity index (χ0n) is 26.7. The van der Waals surface area contributed by atoms with E-state index in [1.54, 1.807) is 23.2 Å². The number of hydrogen-bond donors (Lipinski definition) is 0. The van der Waals surface area contributed by atoms with Gasteiger partial charge in [0.1, 0.15) is 12.1 Å². The number of carbonyl (C=O) groups is 2. The summed E-state index contributed by atoms with van der Waals surface area (Å²) in [4.78, 5) is 41.5. The topological polar surface area (TPSA) is 84.3 Å². The summed E-state index contributed by atoms with van der Waals surface area (Å²) in [5, 5.41) is 4.25. The molecule has 8 nitrogen and oxygen atoms in total. The molecule has 1 saturated heterocycles. The van der Waals surface area contributed by atoms with E-state index in [1.165, 1.54) is 18.4 Å². The molecule has 2 aliphatic rings. The van der Waals surface area contributed by atoms with E-state index in [9.17, 15) is 9.59 Å². The molecule has 1 amide bonds. The van der Waals surface area contributed by atoms with Crippen molar-refractivity contribution in [2.24, 2.45) is 11.1 Å². The first-order valence-corrected chi connectivity index (χ1v) is 15.6. The number of aromatic nitrogens is 1. The summed E-state index contributed by atoms with van der Waals surface area (Å²) >= 11 is 0. The Balaban J connectivity index is 1.26. The average molecular weight is 597 g/mol. The van der Waals surface area contributed by atoms with Gasteiger partial charge in [0.25, 0.3) is 5.91 Å². The predicted octanol–water partition coefficient (Wildman–Crippen LogP) is 6.35. The number of piperidine rings is 1. The average Bonchev–Trinajstić information content (AvgIpc) is 3.02. The van der Waals surface area contributed by atoms with Gasteiger partial charge in [-0.05, 0) is 94.2 Å². The minimum Gasteiger partial charge on any atom is -0.467 e. The highest BCUT2D eigenvalue weighted by Gasteiger charge is 2.43. The van der Waals surface area contributed by atoms with Crippen molar-refractivity contribution in [3.05, 3.63) is 93.8 Å². The van der Waals surface area contributed by atoms with Gasteiger partial charge < -0.3 is 19.4 Å². The molecule has 3 heterocycles. The Morgan fingerprint density at radius 3 is 2.50 bits per heavy atom. The lowest BCUT2D eigenvalue weighted by molar-refractivity contribution is -0.149. The van der Waals surface area contributed by atoms with Crippen LogP contribution in [0.25, 0.3) is 0 Å². The number of benzene rings is 2. The first-order chi connectivity index (χ1) is 21.2. The smallest absolute Gasteiger partial charge is 0.328 e. The number of likely N-dealkylation sites (tertiary alicyclic amines) is 1. The SMILES string of the molecule is COC(=O)[C@@H]1CC[C@H](C)[C@@H](c2ccc(C)cc2)N1C(=O)c1ccc(C=NO[C@H](C)CN2CCCc3nc(C)c(C)cc32)cc1. The number of amides is 1. The molecule has 0 bridgehead atoms. The highest BCUT2D eigenvalue weighted by atomic mass is 16.6. The fourth-order valence-electron chi connectivity index (χ4n) is 6.42. The fourth-order valence-corrected chi connectivity index (χ4v) is 6.42. The van der Waals surface area contributed by atoms with Crippen molar-refractivity contribution in [1.82, 2.24) is 9.88 Å². The van der Waals surface area contributed by atoms with Crippen LogP contribution in [0, 0.1) is 26.7 Å². The monoisotopic (exact) mass is 596 g/mol. The van der Waals surface area contributed by atoms with E-state index in [4.69, 9.17) is 14.6 Å². The van der Waals surface area contributed by atoms with Crippen LogP contribution in [0.2, 0.25) is 0 Å². The number of ether oxygens (including phenoxy) is 1. The molecule has 0 aliphatic carbocycles. The number of esters is 1. The number of hydrogen-bond acceptors (Lipinski definition) is 7. The highest BCUT2D eigenvalue weighted by Crippen LogP contribution is 2.40. The van der Waals surface area contributed by atoms with Gasteiger partial charge in [-0.15, -0.1) is 0 Å². The summed E-state index contributed by atoms with van der Waals surface area (Å²) in [6.45, 7) is 12.1. The summed E-state index contributed by atoms with van der Waals surface area (Å²) in [7, 11) is 1.38. The van der Waals surface area contributed by atoms with Gasteiger partial charge in [-0.3, -0.25) is 9.78 Å². The predicted molar refractivity (Wildman–Crippen MR) is 173 cm³/mol. The zero-order chi connectivity index (χ0) is 31.4. The first-order valence-electron chi connectivity index (χ1n) is 15.6. The summed E-state index contributed by atoms with van der Waals surface area (Å²) in [6, 6.07) is 16.9. The Morgan fingerprint density at radius 2 is 1.80 bits per heavy atom. The summed E-state index contributed by atoms with van der Waals surface area (Å²) < 4.78 is 5.13. The van der Waals surface area contributed by atoms with E-state index < -0.39 is 6.04 Å². The normalized spacial score (nSPS) is 20.7. The molecule has 0 unspecified atom stereocenters. The second kappa shape index (κ2) is 13.6. The number of fused-ring (bicyclic) bond motifs is 1. The van der Waals surface area contributed by atoms with Crippen LogP contribution in [0.3, 0.4) is 0 Å². The van der Waals surface area contributed by atoms with Crippen molar-refractivity contribution >= 4 is 23.8 Å². The Labute approximate surface area is 261 Å². The number of anilines is 1. The first kappa shape index (κ1) is 31.2.